The molecular formula is C18H18ClN5. The van der Waals surface area contributed by atoms with Gasteiger partial charge in [0, 0.05) is 41.4 Å². The van der Waals surface area contributed by atoms with Crippen molar-refractivity contribution in [3.63, 3.8) is 0 Å². The lowest BCUT2D eigenvalue weighted by molar-refractivity contribution is 1.03. The highest BCUT2D eigenvalue weighted by molar-refractivity contribution is 6.31. The third-order valence-electron chi connectivity index (χ3n) is 3.58. The molecule has 6 heteroatoms. The summed E-state index contributed by atoms with van der Waals surface area (Å²) < 4.78 is 0. The van der Waals surface area contributed by atoms with E-state index in [1.54, 1.807) is 12.4 Å². The van der Waals surface area contributed by atoms with E-state index in [0.717, 1.165) is 33.3 Å². The van der Waals surface area contributed by atoms with E-state index < -0.39 is 0 Å². The van der Waals surface area contributed by atoms with Gasteiger partial charge in [0.1, 0.15) is 5.82 Å². The fourth-order valence-corrected chi connectivity index (χ4v) is 2.45. The molecule has 0 atom stereocenters. The standard InChI is InChI=1S/C18H18ClN5/c1-12-10-17(23-16-5-3-4-15(19)13(16)2)24-18(22-12)21-11-14-6-8-20-9-7-14/h3-10H,11H2,1-2H3,(H2,21,22,23,24). The molecule has 0 unspecified atom stereocenters. The predicted octanol–water partition coefficient (Wildman–Crippen LogP) is 4.50. The number of rotatable bonds is 5. The van der Waals surface area contributed by atoms with Crippen molar-refractivity contribution in [2.75, 3.05) is 10.6 Å². The van der Waals surface area contributed by atoms with Crippen LogP contribution in [0.3, 0.4) is 0 Å². The fraction of sp³-hybridized carbons (Fsp3) is 0.167. The van der Waals surface area contributed by atoms with E-state index >= 15 is 0 Å². The Morgan fingerprint density at radius 2 is 1.83 bits per heavy atom. The van der Waals surface area contributed by atoms with Crippen LogP contribution in [0.4, 0.5) is 17.5 Å². The summed E-state index contributed by atoms with van der Waals surface area (Å²) in [5.74, 6) is 1.30. The Balaban J connectivity index is 1.77. The molecule has 2 N–H and O–H groups in total. The van der Waals surface area contributed by atoms with Crippen molar-refractivity contribution in [2.45, 2.75) is 20.4 Å². The maximum Gasteiger partial charge on any atom is 0.225 e. The minimum Gasteiger partial charge on any atom is -0.350 e. The highest BCUT2D eigenvalue weighted by Gasteiger charge is 2.06. The van der Waals surface area contributed by atoms with Crippen molar-refractivity contribution in [2.24, 2.45) is 0 Å². The molecule has 0 radical (unpaired) electrons. The predicted molar refractivity (Wildman–Crippen MR) is 97.8 cm³/mol. The van der Waals surface area contributed by atoms with Crippen molar-refractivity contribution in [1.29, 1.82) is 0 Å². The molecule has 0 fully saturated rings. The van der Waals surface area contributed by atoms with Gasteiger partial charge in [0.15, 0.2) is 0 Å². The first-order chi connectivity index (χ1) is 11.6. The Kier molecular flexibility index (Phi) is 4.91. The van der Waals surface area contributed by atoms with Crippen LogP contribution in [0.15, 0.2) is 48.8 Å². The number of hydrogen-bond acceptors (Lipinski definition) is 5. The molecule has 5 nitrogen and oxygen atoms in total. The lowest BCUT2D eigenvalue weighted by Crippen LogP contribution is -2.06. The highest BCUT2D eigenvalue weighted by Crippen LogP contribution is 2.26. The molecule has 3 aromatic rings. The second-order valence-electron chi connectivity index (χ2n) is 5.46. The molecule has 2 heterocycles. The minimum atomic E-state index is 0.578. The first-order valence-electron chi connectivity index (χ1n) is 7.62. The van der Waals surface area contributed by atoms with Crippen LogP contribution in [0.25, 0.3) is 0 Å². The molecule has 0 saturated heterocycles. The topological polar surface area (TPSA) is 62.7 Å². The smallest absolute Gasteiger partial charge is 0.225 e. The Bertz CT molecular complexity index is 836. The van der Waals surface area contributed by atoms with Gasteiger partial charge in [0.2, 0.25) is 5.95 Å². The van der Waals surface area contributed by atoms with Crippen molar-refractivity contribution < 1.29 is 0 Å². The van der Waals surface area contributed by atoms with Crippen LogP contribution in [-0.4, -0.2) is 15.0 Å². The van der Waals surface area contributed by atoms with Gasteiger partial charge in [0.25, 0.3) is 0 Å². The van der Waals surface area contributed by atoms with Gasteiger partial charge in [-0.3, -0.25) is 4.98 Å². The zero-order valence-electron chi connectivity index (χ0n) is 13.5. The molecule has 24 heavy (non-hydrogen) atoms. The van der Waals surface area contributed by atoms with Crippen LogP contribution in [0.2, 0.25) is 5.02 Å². The number of hydrogen-bond donors (Lipinski definition) is 2. The van der Waals surface area contributed by atoms with Gasteiger partial charge in [-0.1, -0.05) is 17.7 Å². The van der Waals surface area contributed by atoms with E-state index in [9.17, 15) is 0 Å². The Morgan fingerprint density at radius 3 is 2.62 bits per heavy atom. The van der Waals surface area contributed by atoms with Gasteiger partial charge in [-0.25, -0.2) is 4.98 Å². The number of aromatic nitrogens is 3. The summed E-state index contributed by atoms with van der Waals surface area (Å²) in [5, 5.41) is 7.27. The average Bonchev–Trinajstić information content (AvgIpc) is 2.58. The van der Waals surface area contributed by atoms with Crippen LogP contribution in [0.5, 0.6) is 0 Å². The number of pyridine rings is 1. The Hall–Kier alpha value is -2.66. The number of anilines is 3. The summed E-state index contributed by atoms with van der Waals surface area (Å²) in [5.41, 5.74) is 3.92. The molecule has 122 valence electrons. The molecule has 0 aliphatic rings. The van der Waals surface area contributed by atoms with E-state index in [-0.39, 0.29) is 0 Å². The highest BCUT2D eigenvalue weighted by atomic mass is 35.5. The number of benzene rings is 1. The summed E-state index contributed by atoms with van der Waals surface area (Å²) in [4.78, 5) is 13.0. The summed E-state index contributed by atoms with van der Waals surface area (Å²) >= 11 is 6.17. The maximum absolute atomic E-state index is 6.17. The van der Waals surface area contributed by atoms with Crippen LogP contribution in [0, 0.1) is 13.8 Å². The fourth-order valence-electron chi connectivity index (χ4n) is 2.27. The molecule has 3 rings (SSSR count). The summed E-state index contributed by atoms with van der Waals surface area (Å²) in [6.07, 6.45) is 3.53. The van der Waals surface area contributed by atoms with Gasteiger partial charge < -0.3 is 10.6 Å². The van der Waals surface area contributed by atoms with Gasteiger partial charge in [-0.15, -0.1) is 0 Å². The van der Waals surface area contributed by atoms with Crippen LogP contribution >= 0.6 is 11.6 Å². The molecule has 0 spiro atoms. The van der Waals surface area contributed by atoms with E-state index in [4.69, 9.17) is 11.6 Å². The van der Waals surface area contributed by atoms with Crippen molar-refractivity contribution in [1.82, 2.24) is 15.0 Å². The lowest BCUT2D eigenvalue weighted by Gasteiger charge is -2.12. The molecule has 1 aromatic carbocycles. The summed E-state index contributed by atoms with van der Waals surface area (Å²) in [6, 6.07) is 11.6. The quantitative estimate of drug-likeness (QED) is 0.716. The van der Waals surface area contributed by atoms with E-state index in [1.165, 1.54) is 0 Å². The van der Waals surface area contributed by atoms with Crippen LogP contribution in [0.1, 0.15) is 16.8 Å². The zero-order valence-corrected chi connectivity index (χ0v) is 14.3. The minimum absolute atomic E-state index is 0.578. The number of halogens is 1. The van der Waals surface area contributed by atoms with Crippen molar-refractivity contribution in [3.05, 3.63) is 70.6 Å². The molecular weight excluding hydrogens is 322 g/mol. The van der Waals surface area contributed by atoms with Crippen LogP contribution < -0.4 is 10.6 Å². The number of aryl methyl sites for hydroxylation is 1. The third-order valence-corrected chi connectivity index (χ3v) is 3.99. The first-order valence-corrected chi connectivity index (χ1v) is 8.00. The normalized spacial score (nSPS) is 10.5. The molecule has 2 aromatic heterocycles. The van der Waals surface area contributed by atoms with Gasteiger partial charge in [-0.2, -0.15) is 4.98 Å². The van der Waals surface area contributed by atoms with E-state index in [1.807, 2.05) is 50.2 Å². The van der Waals surface area contributed by atoms with Gasteiger partial charge in [-0.05, 0) is 49.2 Å². The molecule has 0 aliphatic heterocycles. The summed E-state index contributed by atoms with van der Waals surface area (Å²) in [6.45, 7) is 4.55. The number of nitrogens with zero attached hydrogens (tertiary/aromatic N) is 3. The van der Waals surface area contributed by atoms with E-state index in [2.05, 4.69) is 25.6 Å². The second-order valence-corrected chi connectivity index (χ2v) is 5.87. The van der Waals surface area contributed by atoms with Gasteiger partial charge >= 0.3 is 0 Å². The zero-order chi connectivity index (χ0) is 16.9. The molecule has 0 amide bonds. The Morgan fingerprint density at radius 1 is 1.04 bits per heavy atom. The molecule has 0 bridgehead atoms. The largest absolute Gasteiger partial charge is 0.350 e. The van der Waals surface area contributed by atoms with Crippen molar-refractivity contribution in [3.8, 4) is 0 Å². The molecule has 0 aliphatic carbocycles. The SMILES string of the molecule is Cc1cc(Nc2cccc(Cl)c2C)nc(NCc2ccncc2)n1. The second kappa shape index (κ2) is 7.27. The third kappa shape index (κ3) is 4.00. The average molecular weight is 340 g/mol. The maximum atomic E-state index is 6.17. The lowest BCUT2D eigenvalue weighted by atomic mass is 10.2. The monoisotopic (exact) mass is 339 g/mol. The first kappa shape index (κ1) is 16.2. The van der Waals surface area contributed by atoms with Crippen LogP contribution in [-0.2, 0) is 6.54 Å². The Labute approximate surface area is 146 Å². The summed E-state index contributed by atoms with van der Waals surface area (Å²) in [7, 11) is 0. The van der Waals surface area contributed by atoms with E-state index in [0.29, 0.717) is 12.5 Å². The van der Waals surface area contributed by atoms with Gasteiger partial charge in [0.05, 0.1) is 0 Å². The van der Waals surface area contributed by atoms with Crippen molar-refractivity contribution >= 4 is 29.1 Å². The number of nitrogens with one attached hydrogen (secondary N) is 2. The molecule has 0 saturated carbocycles.